The molecule has 3 aromatic carbocycles. The number of pyridine rings is 1. The van der Waals surface area contributed by atoms with E-state index in [0.717, 1.165) is 27.9 Å². The Morgan fingerprint density at radius 2 is 1.74 bits per heavy atom. The molecule has 0 aliphatic heterocycles. The molecule has 0 radical (unpaired) electrons. The van der Waals surface area contributed by atoms with Crippen LogP contribution in [0.25, 0.3) is 22.2 Å². The zero-order chi connectivity index (χ0) is 24.8. The van der Waals surface area contributed by atoms with Crippen molar-refractivity contribution in [2.75, 3.05) is 18.1 Å². The molecule has 1 N–H and O–H groups in total. The fourth-order valence-corrected chi connectivity index (χ4v) is 4.13. The Bertz CT molecular complexity index is 1340. The number of amides is 1. The van der Waals surface area contributed by atoms with Gasteiger partial charge in [0.1, 0.15) is 5.75 Å². The first kappa shape index (κ1) is 24.4. The summed E-state index contributed by atoms with van der Waals surface area (Å²) in [6.45, 7) is 7.49. The average molecular weight is 484 g/mol. The predicted octanol–water partition coefficient (Wildman–Crippen LogP) is 6.48. The number of aromatic nitrogens is 1. The number of rotatable bonds is 7. The number of fused-ring (bicyclic) bond motifs is 1. The lowest BCUT2D eigenvalue weighted by Gasteiger charge is -2.24. The SMILES string of the molecule is CCN(C(=S)NC(=O)c1cc(-c2cccc(OCC(C)C)c2)nc2ccccc12)c1ccccc1. The third-order valence-electron chi connectivity index (χ3n) is 5.52. The highest BCUT2D eigenvalue weighted by Gasteiger charge is 2.18. The van der Waals surface area contributed by atoms with Crippen LogP contribution in [0, 0.1) is 5.92 Å². The average Bonchev–Trinajstić information content (AvgIpc) is 2.88. The van der Waals surface area contributed by atoms with Crippen molar-refractivity contribution in [1.29, 1.82) is 0 Å². The number of hydrogen-bond donors (Lipinski definition) is 1. The summed E-state index contributed by atoms with van der Waals surface area (Å²) < 4.78 is 5.90. The van der Waals surface area contributed by atoms with E-state index in [1.54, 1.807) is 0 Å². The van der Waals surface area contributed by atoms with Gasteiger partial charge in [-0.15, -0.1) is 0 Å². The maximum Gasteiger partial charge on any atom is 0.258 e. The Kier molecular flexibility index (Phi) is 7.73. The van der Waals surface area contributed by atoms with Crippen LogP contribution in [-0.4, -0.2) is 29.2 Å². The summed E-state index contributed by atoms with van der Waals surface area (Å²) in [5.41, 5.74) is 3.77. The highest BCUT2D eigenvalue weighted by atomic mass is 32.1. The zero-order valence-corrected chi connectivity index (χ0v) is 21.0. The van der Waals surface area contributed by atoms with Gasteiger partial charge < -0.3 is 9.64 Å². The molecule has 0 saturated heterocycles. The van der Waals surface area contributed by atoms with E-state index in [1.165, 1.54) is 0 Å². The van der Waals surface area contributed by atoms with Gasteiger partial charge in [-0.25, -0.2) is 4.98 Å². The van der Waals surface area contributed by atoms with Gasteiger partial charge in [-0.3, -0.25) is 10.1 Å². The van der Waals surface area contributed by atoms with Crippen molar-refractivity contribution < 1.29 is 9.53 Å². The molecule has 0 aliphatic carbocycles. The smallest absolute Gasteiger partial charge is 0.258 e. The molecule has 0 aliphatic rings. The number of para-hydroxylation sites is 2. The second-order valence-corrected chi connectivity index (χ2v) is 9.03. The number of nitrogens with one attached hydrogen (secondary N) is 1. The van der Waals surface area contributed by atoms with E-state index in [2.05, 4.69) is 19.2 Å². The number of hydrogen-bond acceptors (Lipinski definition) is 4. The summed E-state index contributed by atoms with van der Waals surface area (Å²) in [4.78, 5) is 20.2. The van der Waals surface area contributed by atoms with E-state index < -0.39 is 0 Å². The molecule has 6 heteroatoms. The summed E-state index contributed by atoms with van der Waals surface area (Å²) in [5, 5.41) is 4.05. The molecular formula is C29H29N3O2S. The van der Waals surface area contributed by atoms with E-state index in [9.17, 15) is 4.79 Å². The normalized spacial score (nSPS) is 10.9. The van der Waals surface area contributed by atoms with Crippen LogP contribution >= 0.6 is 12.2 Å². The fourth-order valence-electron chi connectivity index (χ4n) is 3.80. The molecule has 0 fully saturated rings. The largest absolute Gasteiger partial charge is 0.493 e. The molecule has 0 atom stereocenters. The Morgan fingerprint density at radius 1 is 1.00 bits per heavy atom. The van der Waals surface area contributed by atoms with Crippen LogP contribution in [-0.2, 0) is 0 Å². The lowest BCUT2D eigenvalue weighted by atomic mass is 10.0. The maximum absolute atomic E-state index is 13.5. The van der Waals surface area contributed by atoms with Crippen molar-refractivity contribution in [3.05, 3.63) is 90.5 Å². The summed E-state index contributed by atoms with van der Waals surface area (Å²) in [7, 11) is 0. The summed E-state index contributed by atoms with van der Waals surface area (Å²) in [5.74, 6) is 0.936. The van der Waals surface area contributed by atoms with Crippen molar-refractivity contribution in [2.45, 2.75) is 20.8 Å². The lowest BCUT2D eigenvalue weighted by Crippen LogP contribution is -2.42. The Hall–Kier alpha value is -3.77. The minimum Gasteiger partial charge on any atom is -0.493 e. The third kappa shape index (κ3) is 5.84. The first-order valence-corrected chi connectivity index (χ1v) is 12.2. The van der Waals surface area contributed by atoms with Crippen LogP contribution in [0.5, 0.6) is 5.75 Å². The molecule has 0 saturated carbocycles. The van der Waals surface area contributed by atoms with E-state index >= 15 is 0 Å². The van der Waals surface area contributed by atoms with Crippen LogP contribution in [0.15, 0.2) is 84.9 Å². The van der Waals surface area contributed by atoms with Crippen molar-refractivity contribution in [2.24, 2.45) is 5.92 Å². The summed E-state index contributed by atoms with van der Waals surface area (Å²) in [6, 6.07) is 27.0. The van der Waals surface area contributed by atoms with Gasteiger partial charge in [0.05, 0.1) is 23.4 Å². The fraction of sp³-hybridized carbons (Fsp3) is 0.207. The first-order chi connectivity index (χ1) is 17.0. The van der Waals surface area contributed by atoms with Gasteiger partial charge in [-0.05, 0) is 61.5 Å². The molecule has 4 rings (SSSR count). The summed E-state index contributed by atoms with van der Waals surface area (Å²) in [6.07, 6.45) is 0. The summed E-state index contributed by atoms with van der Waals surface area (Å²) >= 11 is 5.61. The molecule has 35 heavy (non-hydrogen) atoms. The van der Waals surface area contributed by atoms with E-state index in [-0.39, 0.29) is 5.91 Å². The number of nitrogens with zero attached hydrogens (tertiary/aromatic N) is 2. The number of ether oxygens (including phenoxy) is 1. The molecule has 0 bridgehead atoms. The Morgan fingerprint density at radius 3 is 2.49 bits per heavy atom. The molecule has 0 unspecified atom stereocenters. The number of anilines is 1. The molecule has 4 aromatic rings. The number of carbonyl (C=O) groups excluding carboxylic acids is 1. The first-order valence-electron chi connectivity index (χ1n) is 11.8. The Balaban J connectivity index is 1.67. The lowest BCUT2D eigenvalue weighted by molar-refractivity contribution is 0.0979. The van der Waals surface area contributed by atoms with Gasteiger partial charge in [0.2, 0.25) is 0 Å². The monoisotopic (exact) mass is 483 g/mol. The van der Waals surface area contributed by atoms with Gasteiger partial charge in [-0.2, -0.15) is 0 Å². The quantitative estimate of drug-likeness (QED) is 0.305. The third-order valence-corrected chi connectivity index (χ3v) is 5.85. The highest BCUT2D eigenvalue weighted by molar-refractivity contribution is 7.80. The van der Waals surface area contributed by atoms with Crippen molar-refractivity contribution in [1.82, 2.24) is 10.3 Å². The van der Waals surface area contributed by atoms with Gasteiger partial charge in [0, 0.05) is 23.2 Å². The second-order valence-electron chi connectivity index (χ2n) is 8.64. The molecule has 5 nitrogen and oxygen atoms in total. The maximum atomic E-state index is 13.5. The van der Waals surface area contributed by atoms with E-state index in [4.69, 9.17) is 21.9 Å². The highest BCUT2D eigenvalue weighted by Crippen LogP contribution is 2.27. The van der Waals surface area contributed by atoms with Crippen LogP contribution in [0.2, 0.25) is 0 Å². The van der Waals surface area contributed by atoms with Gasteiger partial charge in [-0.1, -0.05) is 62.4 Å². The molecule has 1 amide bonds. The molecule has 1 heterocycles. The van der Waals surface area contributed by atoms with E-state index in [1.807, 2.05) is 96.8 Å². The topological polar surface area (TPSA) is 54.5 Å². The van der Waals surface area contributed by atoms with Crippen LogP contribution in [0.1, 0.15) is 31.1 Å². The molecular weight excluding hydrogens is 454 g/mol. The van der Waals surface area contributed by atoms with Gasteiger partial charge >= 0.3 is 0 Å². The standard InChI is InChI=1S/C29H29N3O2S/c1-4-32(22-12-6-5-7-13-22)29(35)31-28(33)25-18-27(30-26-16-9-8-15-24(25)26)21-11-10-14-23(17-21)34-19-20(2)3/h5-18,20H,4,19H2,1-3H3,(H,31,33,35). The number of benzene rings is 3. The number of carbonyl (C=O) groups is 1. The van der Waals surface area contributed by atoms with Crippen LogP contribution < -0.4 is 15.0 Å². The van der Waals surface area contributed by atoms with Gasteiger partial charge in [0.25, 0.3) is 5.91 Å². The van der Waals surface area contributed by atoms with Crippen molar-refractivity contribution in [3.63, 3.8) is 0 Å². The molecule has 0 spiro atoms. The Labute approximate surface area is 211 Å². The van der Waals surface area contributed by atoms with E-state index in [0.29, 0.717) is 35.4 Å². The number of thiocarbonyl (C=S) groups is 1. The predicted molar refractivity (Wildman–Crippen MR) is 147 cm³/mol. The van der Waals surface area contributed by atoms with Crippen LogP contribution in [0.3, 0.4) is 0 Å². The van der Waals surface area contributed by atoms with Gasteiger partial charge in [0.15, 0.2) is 5.11 Å². The minimum atomic E-state index is -0.267. The van der Waals surface area contributed by atoms with Crippen LogP contribution in [0.4, 0.5) is 5.69 Å². The zero-order valence-electron chi connectivity index (χ0n) is 20.2. The van der Waals surface area contributed by atoms with Crippen molar-refractivity contribution >= 4 is 39.8 Å². The second kappa shape index (κ2) is 11.1. The minimum absolute atomic E-state index is 0.267. The molecule has 178 valence electrons. The van der Waals surface area contributed by atoms with Crippen molar-refractivity contribution in [3.8, 4) is 17.0 Å². The molecule has 1 aromatic heterocycles.